The predicted molar refractivity (Wildman–Crippen MR) is 79.4 cm³/mol. The van der Waals surface area contributed by atoms with Crippen molar-refractivity contribution in [2.75, 3.05) is 0 Å². The van der Waals surface area contributed by atoms with Crippen LogP contribution in [0.2, 0.25) is 0 Å². The zero-order valence-electron chi connectivity index (χ0n) is 13.1. The molecule has 20 heavy (non-hydrogen) atoms. The average molecular weight is 283 g/mol. The molecule has 1 aliphatic carbocycles. The van der Waals surface area contributed by atoms with Crippen molar-refractivity contribution in [2.45, 2.75) is 78.2 Å². The number of carbonyl (C=O) groups is 2. The minimum absolute atomic E-state index is 0.0986. The highest BCUT2D eigenvalue weighted by atomic mass is 16.4. The van der Waals surface area contributed by atoms with Crippen LogP contribution in [0.3, 0.4) is 0 Å². The molecule has 2 unspecified atom stereocenters. The van der Waals surface area contributed by atoms with Gasteiger partial charge in [0.15, 0.2) is 0 Å². The molecule has 0 heterocycles. The van der Waals surface area contributed by atoms with E-state index in [1.54, 1.807) is 0 Å². The number of nitrogens with one attached hydrogen (secondary N) is 1. The molecule has 2 N–H and O–H groups in total. The van der Waals surface area contributed by atoms with Crippen LogP contribution in [-0.2, 0) is 9.59 Å². The maximum Gasteiger partial charge on any atom is 0.310 e. The van der Waals surface area contributed by atoms with Crippen molar-refractivity contribution >= 4 is 11.9 Å². The summed E-state index contributed by atoms with van der Waals surface area (Å²) in [5, 5.41) is 12.4. The molecule has 1 amide bonds. The third-order valence-electron chi connectivity index (χ3n) is 4.93. The predicted octanol–water partition coefficient (Wildman–Crippen LogP) is 3.35. The van der Waals surface area contributed by atoms with Gasteiger partial charge in [-0.05, 0) is 38.0 Å². The van der Waals surface area contributed by atoms with Gasteiger partial charge in [-0.2, -0.15) is 0 Å². The van der Waals surface area contributed by atoms with Crippen LogP contribution < -0.4 is 5.32 Å². The first-order valence-electron chi connectivity index (χ1n) is 7.96. The summed E-state index contributed by atoms with van der Waals surface area (Å²) in [6.45, 7) is 5.95. The van der Waals surface area contributed by atoms with Crippen molar-refractivity contribution < 1.29 is 14.7 Å². The van der Waals surface area contributed by atoms with E-state index in [0.717, 1.165) is 31.6 Å². The maximum absolute atomic E-state index is 12.2. The summed E-state index contributed by atoms with van der Waals surface area (Å²) >= 11 is 0. The molecule has 0 aromatic carbocycles. The number of rotatable bonds is 6. The molecule has 0 spiro atoms. The molecule has 4 heteroatoms. The Balaban J connectivity index is 2.55. The molecule has 0 aliphatic heterocycles. The van der Waals surface area contributed by atoms with Crippen molar-refractivity contribution in [3.05, 3.63) is 0 Å². The Kier molecular flexibility index (Phi) is 6.50. The lowest BCUT2D eigenvalue weighted by molar-refractivity contribution is -0.152. The minimum Gasteiger partial charge on any atom is -0.481 e. The smallest absolute Gasteiger partial charge is 0.310 e. The Morgan fingerprint density at radius 3 is 2.35 bits per heavy atom. The van der Waals surface area contributed by atoms with E-state index in [1.165, 1.54) is 6.42 Å². The molecule has 2 atom stereocenters. The Bertz CT molecular complexity index is 337. The zero-order valence-corrected chi connectivity index (χ0v) is 13.1. The van der Waals surface area contributed by atoms with Gasteiger partial charge in [-0.25, -0.2) is 0 Å². The summed E-state index contributed by atoms with van der Waals surface area (Å²) in [7, 11) is 0. The fourth-order valence-corrected chi connectivity index (χ4v) is 3.10. The number of carbonyl (C=O) groups excluding carboxylic acids is 1. The number of amides is 1. The van der Waals surface area contributed by atoms with Gasteiger partial charge in [0.05, 0.1) is 5.41 Å². The first kappa shape index (κ1) is 17.0. The average Bonchev–Trinajstić information content (AvgIpc) is 2.61. The SMILES string of the molecule is CCC(CC)(CC(=O)NC1CCCC(C)CC1)C(=O)O. The summed E-state index contributed by atoms with van der Waals surface area (Å²) < 4.78 is 0. The van der Waals surface area contributed by atoms with E-state index in [1.807, 2.05) is 13.8 Å². The second-order valence-electron chi connectivity index (χ2n) is 6.35. The van der Waals surface area contributed by atoms with Crippen LogP contribution in [0.4, 0.5) is 0 Å². The lowest BCUT2D eigenvalue weighted by Gasteiger charge is -2.27. The van der Waals surface area contributed by atoms with Crippen molar-refractivity contribution in [2.24, 2.45) is 11.3 Å². The molecule has 0 saturated heterocycles. The zero-order chi connectivity index (χ0) is 15.2. The lowest BCUT2D eigenvalue weighted by Crippen LogP contribution is -2.40. The van der Waals surface area contributed by atoms with Gasteiger partial charge in [0.2, 0.25) is 5.91 Å². The first-order valence-corrected chi connectivity index (χ1v) is 7.96. The molecule has 0 bridgehead atoms. The van der Waals surface area contributed by atoms with E-state index in [2.05, 4.69) is 12.2 Å². The third-order valence-corrected chi connectivity index (χ3v) is 4.93. The van der Waals surface area contributed by atoms with Crippen LogP contribution >= 0.6 is 0 Å². The largest absolute Gasteiger partial charge is 0.481 e. The van der Waals surface area contributed by atoms with Crippen molar-refractivity contribution in [1.29, 1.82) is 0 Å². The molecule has 1 fully saturated rings. The van der Waals surface area contributed by atoms with Crippen molar-refractivity contribution in [3.63, 3.8) is 0 Å². The number of hydrogen-bond donors (Lipinski definition) is 2. The highest BCUT2D eigenvalue weighted by Gasteiger charge is 2.37. The Morgan fingerprint density at radius 1 is 1.15 bits per heavy atom. The van der Waals surface area contributed by atoms with Crippen LogP contribution in [0.15, 0.2) is 0 Å². The summed E-state index contributed by atoms with van der Waals surface area (Å²) in [5.74, 6) is -0.218. The van der Waals surface area contributed by atoms with Gasteiger partial charge in [-0.15, -0.1) is 0 Å². The first-order chi connectivity index (χ1) is 9.43. The van der Waals surface area contributed by atoms with Gasteiger partial charge in [0.25, 0.3) is 0 Å². The molecule has 116 valence electrons. The van der Waals surface area contributed by atoms with Gasteiger partial charge in [-0.1, -0.05) is 33.6 Å². The quantitative estimate of drug-likeness (QED) is 0.735. The number of aliphatic carboxylic acids is 1. The van der Waals surface area contributed by atoms with Crippen molar-refractivity contribution in [1.82, 2.24) is 5.32 Å². The van der Waals surface area contributed by atoms with Gasteiger partial charge < -0.3 is 10.4 Å². The van der Waals surface area contributed by atoms with Gasteiger partial charge in [-0.3, -0.25) is 9.59 Å². The molecule has 1 saturated carbocycles. The van der Waals surface area contributed by atoms with Crippen LogP contribution in [-0.4, -0.2) is 23.0 Å². The van der Waals surface area contributed by atoms with Crippen LogP contribution in [0, 0.1) is 11.3 Å². The summed E-state index contributed by atoms with van der Waals surface area (Å²) in [6, 6.07) is 0.229. The molecule has 0 aromatic heterocycles. The molecule has 0 aromatic rings. The molecule has 1 rings (SSSR count). The Hall–Kier alpha value is -1.06. The summed E-state index contributed by atoms with van der Waals surface area (Å²) in [5.41, 5.74) is -0.901. The highest BCUT2D eigenvalue weighted by Crippen LogP contribution is 2.31. The van der Waals surface area contributed by atoms with Crippen LogP contribution in [0.25, 0.3) is 0 Å². The van der Waals surface area contributed by atoms with Gasteiger partial charge >= 0.3 is 5.97 Å². The maximum atomic E-state index is 12.2. The van der Waals surface area contributed by atoms with E-state index >= 15 is 0 Å². The van der Waals surface area contributed by atoms with Crippen LogP contribution in [0.1, 0.15) is 72.1 Å². The lowest BCUT2D eigenvalue weighted by atomic mass is 9.79. The standard InChI is InChI=1S/C16H29NO3/c1-4-16(5-2,15(19)20)11-14(18)17-13-8-6-7-12(3)9-10-13/h12-13H,4-11H2,1-3H3,(H,17,18)(H,19,20). The van der Waals surface area contributed by atoms with Gasteiger partial charge in [0, 0.05) is 12.5 Å². The van der Waals surface area contributed by atoms with E-state index < -0.39 is 11.4 Å². The minimum atomic E-state index is -0.901. The van der Waals surface area contributed by atoms with E-state index in [9.17, 15) is 14.7 Å². The van der Waals surface area contributed by atoms with Crippen LogP contribution in [0.5, 0.6) is 0 Å². The summed E-state index contributed by atoms with van der Waals surface area (Å²) in [4.78, 5) is 23.6. The highest BCUT2D eigenvalue weighted by molar-refractivity contribution is 5.85. The normalized spacial score (nSPS) is 23.9. The molecular formula is C16H29NO3. The number of carboxylic acids is 1. The second kappa shape index (κ2) is 7.65. The third kappa shape index (κ3) is 4.50. The molecule has 1 aliphatic rings. The monoisotopic (exact) mass is 283 g/mol. The van der Waals surface area contributed by atoms with Crippen molar-refractivity contribution in [3.8, 4) is 0 Å². The topological polar surface area (TPSA) is 66.4 Å². The Labute approximate surface area is 122 Å². The molecular weight excluding hydrogens is 254 g/mol. The fraction of sp³-hybridized carbons (Fsp3) is 0.875. The molecule has 0 radical (unpaired) electrons. The van der Waals surface area contributed by atoms with E-state index in [0.29, 0.717) is 12.8 Å². The second-order valence-corrected chi connectivity index (χ2v) is 6.35. The summed E-state index contributed by atoms with van der Waals surface area (Å²) in [6.07, 6.45) is 6.66. The van der Waals surface area contributed by atoms with E-state index in [-0.39, 0.29) is 18.4 Å². The van der Waals surface area contributed by atoms with E-state index in [4.69, 9.17) is 0 Å². The molecule has 4 nitrogen and oxygen atoms in total. The fourth-order valence-electron chi connectivity index (χ4n) is 3.10. The Morgan fingerprint density at radius 2 is 1.80 bits per heavy atom. The number of hydrogen-bond acceptors (Lipinski definition) is 2. The number of carboxylic acid groups (broad SMARTS) is 1. The van der Waals surface area contributed by atoms with Gasteiger partial charge in [0.1, 0.15) is 0 Å².